The maximum absolute atomic E-state index is 10.8. The summed E-state index contributed by atoms with van der Waals surface area (Å²) in [6.45, 7) is 4.49. The summed E-state index contributed by atoms with van der Waals surface area (Å²) in [5, 5.41) is 12.1. The van der Waals surface area contributed by atoms with Gasteiger partial charge in [-0.25, -0.2) is 9.78 Å². The van der Waals surface area contributed by atoms with Crippen molar-refractivity contribution in [3.63, 3.8) is 0 Å². The molecule has 2 rings (SSSR count). The van der Waals surface area contributed by atoms with Gasteiger partial charge in [-0.3, -0.25) is 4.98 Å². The largest absolute Gasteiger partial charge is 0.476 e. The molecular formula is C12H17N3O2. The first-order chi connectivity index (χ1) is 7.96. The minimum atomic E-state index is -1.05. The Labute approximate surface area is 100 Å². The predicted molar refractivity (Wildman–Crippen MR) is 64.0 cm³/mol. The molecule has 1 aliphatic rings. The van der Waals surface area contributed by atoms with Crippen molar-refractivity contribution in [1.82, 2.24) is 9.97 Å². The van der Waals surface area contributed by atoms with Crippen LogP contribution < -0.4 is 5.32 Å². The van der Waals surface area contributed by atoms with Crippen molar-refractivity contribution in [2.45, 2.75) is 39.2 Å². The lowest BCUT2D eigenvalue weighted by Crippen LogP contribution is -2.19. The molecule has 1 aromatic heterocycles. The van der Waals surface area contributed by atoms with Crippen molar-refractivity contribution in [3.8, 4) is 0 Å². The van der Waals surface area contributed by atoms with Crippen molar-refractivity contribution >= 4 is 11.8 Å². The maximum Gasteiger partial charge on any atom is 0.356 e. The molecule has 1 atom stereocenters. The highest BCUT2D eigenvalue weighted by Crippen LogP contribution is 2.37. The molecule has 0 saturated heterocycles. The molecule has 1 saturated carbocycles. The Morgan fingerprint density at radius 1 is 1.53 bits per heavy atom. The normalized spacial score (nSPS) is 22.4. The monoisotopic (exact) mass is 235 g/mol. The number of nitrogens with one attached hydrogen (secondary N) is 1. The number of hydrogen-bond acceptors (Lipinski definition) is 4. The molecule has 0 aliphatic heterocycles. The molecule has 1 aromatic rings. The van der Waals surface area contributed by atoms with Crippen molar-refractivity contribution < 1.29 is 9.90 Å². The number of anilines is 1. The van der Waals surface area contributed by atoms with Gasteiger partial charge in [-0.05, 0) is 24.7 Å². The average molecular weight is 235 g/mol. The first-order valence-electron chi connectivity index (χ1n) is 5.78. The van der Waals surface area contributed by atoms with Gasteiger partial charge in [-0.2, -0.15) is 0 Å². The highest BCUT2D eigenvalue weighted by Gasteiger charge is 2.30. The molecule has 0 aromatic carbocycles. The van der Waals surface area contributed by atoms with Crippen LogP contribution in [0, 0.1) is 5.41 Å². The van der Waals surface area contributed by atoms with Crippen LogP contribution in [-0.2, 0) is 0 Å². The number of carboxylic acids is 1. The molecule has 1 fully saturated rings. The molecule has 1 unspecified atom stereocenters. The molecule has 0 spiro atoms. The van der Waals surface area contributed by atoms with Gasteiger partial charge >= 0.3 is 5.97 Å². The second-order valence-corrected chi connectivity index (χ2v) is 5.34. The summed E-state index contributed by atoms with van der Waals surface area (Å²) in [6.07, 6.45) is 6.17. The smallest absolute Gasteiger partial charge is 0.356 e. The number of carbonyl (C=O) groups is 1. The number of carboxylic acid groups (broad SMARTS) is 1. The number of rotatable bonds is 3. The van der Waals surface area contributed by atoms with E-state index in [4.69, 9.17) is 5.11 Å². The fourth-order valence-corrected chi connectivity index (χ4v) is 2.31. The summed E-state index contributed by atoms with van der Waals surface area (Å²) in [5.74, 6) is -0.500. The van der Waals surface area contributed by atoms with Gasteiger partial charge in [0, 0.05) is 6.04 Å². The molecule has 0 bridgehead atoms. The molecule has 2 N–H and O–H groups in total. The first-order valence-corrected chi connectivity index (χ1v) is 5.78. The topological polar surface area (TPSA) is 75.1 Å². The van der Waals surface area contributed by atoms with Crippen LogP contribution in [0.25, 0.3) is 0 Å². The third kappa shape index (κ3) is 2.93. The lowest BCUT2D eigenvalue weighted by molar-refractivity contribution is 0.0690. The van der Waals surface area contributed by atoms with E-state index in [9.17, 15) is 4.79 Å². The second kappa shape index (κ2) is 4.31. The zero-order valence-electron chi connectivity index (χ0n) is 10.1. The van der Waals surface area contributed by atoms with E-state index < -0.39 is 5.97 Å². The fourth-order valence-electron chi connectivity index (χ4n) is 2.31. The minimum Gasteiger partial charge on any atom is -0.476 e. The zero-order chi connectivity index (χ0) is 12.5. The van der Waals surface area contributed by atoms with Gasteiger partial charge in [-0.15, -0.1) is 0 Å². The summed E-state index contributed by atoms with van der Waals surface area (Å²) in [5.41, 5.74) is 0.336. The molecule has 17 heavy (non-hydrogen) atoms. The highest BCUT2D eigenvalue weighted by molar-refractivity contribution is 5.85. The average Bonchev–Trinajstić information content (AvgIpc) is 2.58. The van der Waals surface area contributed by atoms with Crippen LogP contribution in [0.2, 0.25) is 0 Å². The molecule has 0 radical (unpaired) electrons. The van der Waals surface area contributed by atoms with Crippen molar-refractivity contribution in [2.75, 3.05) is 5.32 Å². The van der Waals surface area contributed by atoms with Crippen LogP contribution in [0.15, 0.2) is 12.4 Å². The van der Waals surface area contributed by atoms with Gasteiger partial charge in [0.05, 0.1) is 12.4 Å². The lowest BCUT2D eigenvalue weighted by Gasteiger charge is -2.18. The van der Waals surface area contributed by atoms with E-state index in [0.29, 0.717) is 17.3 Å². The molecule has 5 heteroatoms. The van der Waals surface area contributed by atoms with Gasteiger partial charge < -0.3 is 10.4 Å². The predicted octanol–water partition coefficient (Wildman–Crippen LogP) is 2.17. The minimum absolute atomic E-state index is 0.0211. The van der Waals surface area contributed by atoms with E-state index in [1.165, 1.54) is 12.6 Å². The summed E-state index contributed by atoms with van der Waals surface area (Å²) in [6, 6.07) is 0.364. The Bertz CT molecular complexity index is 432. The summed E-state index contributed by atoms with van der Waals surface area (Å²) >= 11 is 0. The van der Waals surface area contributed by atoms with Crippen LogP contribution in [0.3, 0.4) is 0 Å². The molecule has 1 heterocycles. The maximum atomic E-state index is 10.8. The quantitative estimate of drug-likeness (QED) is 0.839. The van der Waals surface area contributed by atoms with Crippen LogP contribution in [0.4, 0.5) is 5.82 Å². The van der Waals surface area contributed by atoms with E-state index in [2.05, 4.69) is 29.1 Å². The van der Waals surface area contributed by atoms with E-state index in [1.54, 1.807) is 6.20 Å². The van der Waals surface area contributed by atoms with E-state index >= 15 is 0 Å². The SMILES string of the molecule is CC1(C)CCC(Nc2cncc(C(=O)O)n2)C1. The molecule has 0 amide bonds. The van der Waals surface area contributed by atoms with E-state index in [-0.39, 0.29) is 5.69 Å². The standard InChI is InChI=1S/C12H17N3O2/c1-12(2)4-3-8(5-12)14-10-7-13-6-9(15-10)11(16)17/h6-8H,3-5H2,1-2H3,(H,14,15)(H,16,17). The third-order valence-corrected chi connectivity index (χ3v) is 3.17. The van der Waals surface area contributed by atoms with E-state index in [0.717, 1.165) is 12.8 Å². The lowest BCUT2D eigenvalue weighted by atomic mass is 9.92. The van der Waals surface area contributed by atoms with Crippen molar-refractivity contribution in [2.24, 2.45) is 5.41 Å². The van der Waals surface area contributed by atoms with Gasteiger partial charge in [0.1, 0.15) is 5.82 Å². The molecule has 1 aliphatic carbocycles. The Hall–Kier alpha value is -1.65. The highest BCUT2D eigenvalue weighted by atomic mass is 16.4. The van der Waals surface area contributed by atoms with Gasteiger partial charge in [-0.1, -0.05) is 13.8 Å². The Balaban J connectivity index is 2.04. The second-order valence-electron chi connectivity index (χ2n) is 5.34. The van der Waals surface area contributed by atoms with Crippen molar-refractivity contribution in [3.05, 3.63) is 18.1 Å². The summed E-state index contributed by atoms with van der Waals surface area (Å²) in [7, 11) is 0. The summed E-state index contributed by atoms with van der Waals surface area (Å²) in [4.78, 5) is 18.7. The van der Waals surface area contributed by atoms with Crippen LogP contribution in [0.1, 0.15) is 43.6 Å². The van der Waals surface area contributed by atoms with Crippen molar-refractivity contribution in [1.29, 1.82) is 0 Å². The number of aromatic carboxylic acids is 1. The van der Waals surface area contributed by atoms with Crippen LogP contribution in [-0.4, -0.2) is 27.1 Å². The van der Waals surface area contributed by atoms with Crippen LogP contribution in [0.5, 0.6) is 0 Å². The number of aromatic nitrogens is 2. The van der Waals surface area contributed by atoms with Crippen LogP contribution >= 0.6 is 0 Å². The third-order valence-electron chi connectivity index (χ3n) is 3.17. The van der Waals surface area contributed by atoms with Gasteiger partial charge in [0.2, 0.25) is 0 Å². The number of hydrogen-bond donors (Lipinski definition) is 2. The Morgan fingerprint density at radius 3 is 2.88 bits per heavy atom. The Kier molecular flexibility index (Phi) is 3.00. The molecule has 5 nitrogen and oxygen atoms in total. The fraction of sp³-hybridized carbons (Fsp3) is 0.583. The first kappa shape index (κ1) is 11.8. The molecular weight excluding hydrogens is 218 g/mol. The molecule has 92 valence electrons. The van der Waals surface area contributed by atoms with Gasteiger partial charge in [0.15, 0.2) is 5.69 Å². The van der Waals surface area contributed by atoms with Gasteiger partial charge in [0.25, 0.3) is 0 Å². The Morgan fingerprint density at radius 2 is 2.29 bits per heavy atom. The summed E-state index contributed by atoms with van der Waals surface area (Å²) < 4.78 is 0. The number of nitrogens with zero attached hydrogens (tertiary/aromatic N) is 2. The van der Waals surface area contributed by atoms with E-state index in [1.807, 2.05) is 0 Å². The zero-order valence-corrected chi connectivity index (χ0v) is 10.1.